The van der Waals surface area contributed by atoms with Crippen molar-refractivity contribution in [2.75, 3.05) is 19.8 Å². The van der Waals surface area contributed by atoms with Crippen LogP contribution in [0.2, 0.25) is 0 Å². The van der Waals surface area contributed by atoms with Crippen LogP contribution in [0.5, 0.6) is 0 Å². The molecule has 306 valence electrons. The maximum absolute atomic E-state index is 12.7. The molecule has 0 radical (unpaired) electrons. The van der Waals surface area contributed by atoms with Crippen molar-refractivity contribution in [2.24, 2.45) is 0 Å². The highest BCUT2D eigenvalue weighted by molar-refractivity contribution is 5.70. The number of carbonyl (C=O) groups excluding carboxylic acids is 2. The Balaban J connectivity index is 2.38. The van der Waals surface area contributed by atoms with E-state index in [0.717, 1.165) is 64.2 Å². The van der Waals surface area contributed by atoms with Gasteiger partial charge in [0.05, 0.1) is 13.2 Å². The third-order valence-electron chi connectivity index (χ3n) is 9.22. The van der Waals surface area contributed by atoms with E-state index in [1.807, 2.05) is 0 Å². The fourth-order valence-electron chi connectivity index (χ4n) is 5.88. The molecule has 4 N–H and O–H groups in total. The predicted octanol–water partition coefficient (Wildman–Crippen LogP) is 8.10. The monoisotopic (exact) mass is 751 g/mol. The van der Waals surface area contributed by atoms with Gasteiger partial charge in [0.1, 0.15) is 31.0 Å². The first-order chi connectivity index (χ1) is 25.8. The summed E-state index contributed by atoms with van der Waals surface area (Å²) in [5.74, 6) is -0.848. The van der Waals surface area contributed by atoms with E-state index >= 15 is 0 Å². The van der Waals surface area contributed by atoms with Crippen LogP contribution in [0.4, 0.5) is 0 Å². The van der Waals surface area contributed by atoms with E-state index in [1.165, 1.54) is 57.8 Å². The van der Waals surface area contributed by atoms with Crippen molar-refractivity contribution >= 4 is 11.9 Å². The Morgan fingerprint density at radius 2 is 1.06 bits per heavy atom. The highest BCUT2D eigenvalue weighted by Crippen LogP contribution is 2.22. The number of allylic oxidation sites excluding steroid dienone is 8. The highest BCUT2D eigenvalue weighted by atomic mass is 16.7. The van der Waals surface area contributed by atoms with Gasteiger partial charge in [-0.05, 0) is 57.8 Å². The lowest BCUT2D eigenvalue weighted by Gasteiger charge is -2.39. The summed E-state index contributed by atoms with van der Waals surface area (Å²) >= 11 is 0. The minimum absolute atomic E-state index is 0.192. The molecule has 10 heteroatoms. The number of hydrogen-bond acceptors (Lipinski definition) is 10. The molecule has 1 rings (SSSR count). The van der Waals surface area contributed by atoms with Gasteiger partial charge in [0.15, 0.2) is 12.4 Å². The quantitative estimate of drug-likeness (QED) is 0.0294. The Hall–Kier alpha value is -2.34. The van der Waals surface area contributed by atoms with Crippen LogP contribution in [-0.2, 0) is 28.5 Å². The minimum Gasteiger partial charge on any atom is -0.462 e. The molecule has 1 saturated heterocycles. The van der Waals surface area contributed by atoms with E-state index in [9.17, 15) is 30.0 Å². The summed E-state index contributed by atoms with van der Waals surface area (Å²) in [7, 11) is 0. The molecule has 0 saturated carbocycles. The van der Waals surface area contributed by atoms with Gasteiger partial charge < -0.3 is 39.4 Å². The Morgan fingerprint density at radius 1 is 0.585 bits per heavy atom. The number of esters is 2. The average Bonchev–Trinajstić information content (AvgIpc) is 3.15. The largest absolute Gasteiger partial charge is 0.462 e. The molecule has 2 unspecified atom stereocenters. The zero-order valence-corrected chi connectivity index (χ0v) is 33.0. The first-order valence-electron chi connectivity index (χ1n) is 20.7. The second kappa shape index (κ2) is 34.2. The van der Waals surface area contributed by atoms with Gasteiger partial charge in [-0.15, -0.1) is 0 Å². The number of carbonyl (C=O) groups is 2. The fraction of sp³-hybridized carbons (Fsp3) is 0.767. The summed E-state index contributed by atoms with van der Waals surface area (Å²) in [4.78, 5) is 25.2. The molecule has 6 atom stereocenters. The Labute approximate surface area is 320 Å². The highest BCUT2D eigenvalue weighted by Gasteiger charge is 2.44. The van der Waals surface area contributed by atoms with Gasteiger partial charge in [0.2, 0.25) is 0 Å². The standard InChI is InChI=1S/C43H74O10/c1-3-5-7-9-11-13-14-15-16-17-18-19-20-21-22-24-26-28-30-32-39(46)52-36(35-51-43-42(49)41(48)40(47)37(33-44)53-43)34-50-38(45)31-29-27-25-23-12-10-8-6-4-2/h11,13,15-16,18-19,21-22,36-37,40-44,47-49H,3-10,12,14,17,20,23-35H2,1-2H3/b13-11+,16-15+,19-18+,22-21+/t36-,37-,40+,41?,42?,43-/m1/s1. The van der Waals surface area contributed by atoms with E-state index in [-0.39, 0.29) is 26.1 Å². The zero-order valence-electron chi connectivity index (χ0n) is 33.0. The van der Waals surface area contributed by atoms with Gasteiger partial charge in [-0.25, -0.2) is 0 Å². The normalized spacial score (nSPS) is 21.4. The molecular formula is C43H74O10. The second-order valence-electron chi connectivity index (χ2n) is 14.1. The van der Waals surface area contributed by atoms with E-state index in [2.05, 4.69) is 62.5 Å². The fourth-order valence-corrected chi connectivity index (χ4v) is 5.88. The predicted molar refractivity (Wildman–Crippen MR) is 210 cm³/mol. The first-order valence-corrected chi connectivity index (χ1v) is 20.7. The van der Waals surface area contributed by atoms with Crippen molar-refractivity contribution in [3.63, 3.8) is 0 Å². The van der Waals surface area contributed by atoms with Crippen LogP contribution >= 0.6 is 0 Å². The topological polar surface area (TPSA) is 152 Å². The van der Waals surface area contributed by atoms with Crippen molar-refractivity contribution < 1.29 is 49.0 Å². The van der Waals surface area contributed by atoms with Crippen molar-refractivity contribution in [1.82, 2.24) is 0 Å². The molecule has 1 fully saturated rings. The van der Waals surface area contributed by atoms with Crippen LogP contribution in [0.3, 0.4) is 0 Å². The molecule has 0 aromatic carbocycles. The van der Waals surface area contributed by atoms with Gasteiger partial charge >= 0.3 is 11.9 Å². The van der Waals surface area contributed by atoms with Crippen molar-refractivity contribution in [1.29, 1.82) is 0 Å². The third kappa shape index (κ3) is 26.2. The molecule has 0 spiro atoms. The van der Waals surface area contributed by atoms with E-state index in [4.69, 9.17) is 18.9 Å². The Kier molecular flexibility index (Phi) is 31.4. The smallest absolute Gasteiger partial charge is 0.306 e. The van der Waals surface area contributed by atoms with Crippen molar-refractivity contribution in [3.05, 3.63) is 48.6 Å². The van der Waals surface area contributed by atoms with Gasteiger partial charge in [0.25, 0.3) is 0 Å². The molecule has 10 nitrogen and oxygen atoms in total. The van der Waals surface area contributed by atoms with Crippen LogP contribution in [0.25, 0.3) is 0 Å². The molecule has 0 aliphatic carbocycles. The molecule has 1 aliphatic rings. The van der Waals surface area contributed by atoms with E-state index in [0.29, 0.717) is 6.42 Å². The first kappa shape index (κ1) is 48.7. The second-order valence-corrected chi connectivity index (χ2v) is 14.1. The minimum atomic E-state index is -1.60. The number of aliphatic hydroxyl groups excluding tert-OH is 4. The number of hydrogen-bond donors (Lipinski definition) is 4. The van der Waals surface area contributed by atoms with Gasteiger partial charge in [0, 0.05) is 12.8 Å². The van der Waals surface area contributed by atoms with E-state index < -0.39 is 55.4 Å². The van der Waals surface area contributed by atoms with Crippen LogP contribution in [0.15, 0.2) is 48.6 Å². The molecule has 1 aliphatic heterocycles. The molecular weight excluding hydrogens is 676 g/mol. The lowest BCUT2D eigenvalue weighted by molar-refractivity contribution is -0.305. The average molecular weight is 751 g/mol. The SMILES string of the molecule is CCCCC/C=C/C/C=C/C/C=C/C/C=C/CCCCCC(=O)O[C@H](COC(=O)CCCCCCCCCCC)CO[C@@H]1O[C@H](CO)[C@H](O)C(O)C1O. The van der Waals surface area contributed by atoms with Crippen LogP contribution in [-0.4, -0.2) is 89.0 Å². The summed E-state index contributed by atoms with van der Waals surface area (Å²) in [6.07, 6.45) is 31.3. The van der Waals surface area contributed by atoms with Gasteiger partial charge in [-0.3, -0.25) is 9.59 Å². The number of ether oxygens (including phenoxy) is 4. The lowest BCUT2D eigenvalue weighted by atomic mass is 9.99. The maximum Gasteiger partial charge on any atom is 0.306 e. The van der Waals surface area contributed by atoms with Crippen molar-refractivity contribution in [2.45, 2.75) is 192 Å². The Morgan fingerprint density at radius 3 is 1.62 bits per heavy atom. The number of unbranched alkanes of at least 4 members (excludes halogenated alkanes) is 14. The summed E-state index contributed by atoms with van der Waals surface area (Å²) in [6, 6.07) is 0. The van der Waals surface area contributed by atoms with Crippen molar-refractivity contribution in [3.8, 4) is 0 Å². The summed E-state index contributed by atoms with van der Waals surface area (Å²) in [5, 5.41) is 39.9. The van der Waals surface area contributed by atoms with Crippen LogP contribution in [0, 0.1) is 0 Å². The molecule has 0 aromatic heterocycles. The summed E-state index contributed by atoms with van der Waals surface area (Å²) in [5.41, 5.74) is 0. The summed E-state index contributed by atoms with van der Waals surface area (Å²) in [6.45, 7) is 3.32. The van der Waals surface area contributed by atoms with Gasteiger partial charge in [-0.2, -0.15) is 0 Å². The molecule has 0 aromatic rings. The van der Waals surface area contributed by atoms with E-state index in [1.54, 1.807) is 0 Å². The maximum atomic E-state index is 12.7. The molecule has 53 heavy (non-hydrogen) atoms. The van der Waals surface area contributed by atoms with Gasteiger partial charge in [-0.1, -0.05) is 133 Å². The molecule has 0 bridgehead atoms. The zero-order chi connectivity index (χ0) is 38.8. The van der Waals surface area contributed by atoms with Crippen LogP contribution in [0.1, 0.15) is 155 Å². The number of rotatable bonds is 33. The Bertz CT molecular complexity index is 1010. The molecule has 1 heterocycles. The number of aliphatic hydroxyl groups is 4. The third-order valence-corrected chi connectivity index (χ3v) is 9.22. The molecule has 0 amide bonds. The summed E-state index contributed by atoms with van der Waals surface area (Å²) < 4.78 is 22.0. The lowest BCUT2D eigenvalue weighted by Crippen LogP contribution is -2.59. The van der Waals surface area contributed by atoms with Crippen LogP contribution < -0.4 is 0 Å².